The predicted molar refractivity (Wildman–Crippen MR) is 79.5 cm³/mol. The van der Waals surface area contributed by atoms with Crippen LogP contribution in [0.15, 0.2) is 18.2 Å². The molecular weight excluding hydrogens is 268 g/mol. The van der Waals surface area contributed by atoms with Crippen LogP contribution in [0.5, 0.6) is 5.75 Å². The average molecular weight is 288 g/mol. The Hall–Kier alpha value is -2.04. The Morgan fingerprint density at radius 1 is 1.38 bits per heavy atom. The van der Waals surface area contributed by atoms with E-state index < -0.39 is 11.4 Å². The maximum absolute atomic E-state index is 11.7. The summed E-state index contributed by atoms with van der Waals surface area (Å²) in [5, 5.41) is 9.65. The second-order valence-electron chi connectivity index (χ2n) is 5.89. The molecule has 3 rings (SSSR count). The lowest BCUT2D eigenvalue weighted by atomic mass is 9.72. The van der Waals surface area contributed by atoms with Crippen LogP contribution in [-0.4, -0.2) is 28.2 Å². The highest BCUT2D eigenvalue weighted by molar-refractivity contribution is 5.78. The number of carboxylic acid groups (broad SMARTS) is 1. The van der Waals surface area contributed by atoms with Gasteiger partial charge in [-0.3, -0.25) is 4.79 Å². The van der Waals surface area contributed by atoms with Gasteiger partial charge in [-0.25, -0.2) is 4.98 Å². The number of hydrogen-bond acceptors (Lipinski definition) is 3. The molecule has 5 heteroatoms. The van der Waals surface area contributed by atoms with Crippen LogP contribution < -0.4 is 4.74 Å². The SMILES string of the molecule is COc1ccc2nc(CC3(C(=O)O)CCCCC3)[nH]c2c1. The first-order valence-corrected chi connectivity index (χ1v) is 7.39. The van der Waals surface area contributed by atoms with Crippen molar-refractivity contribution in [2.75, 3.05) is 7.11 Å². The third-order valence-corrected chi connectivity index (χ3v) is 4.51. The zero-order chi connectivity index (χ0) is 14.9. The molecule has 0 spiro atoms. The van der Waals surface area contributed by atoms with Gasteiger partial charge in [0.15, 0.2) is 0 Å². The molecule has 0 unspecified atom stereocenters. The van der Waals surface area contributed by atoms with Gasteiger partial charge >= 0.3 is 5.97 Å². The molecule has 0 bridgehead atoms. The van der Waals surface area contributed by atoms with E-state index in [1.165, 1.54) is 0 Å². The minimum Gasteiger partial charge on any atom is -0.497 e. The van der Waals surface area contributed by atoms with Crippen molar-refractivity contribution in [1.29, 1.82) is 0 Å². The van der Waals surface area contributed by atoms with E-state index in [1.807, 2.05) is 18.2 Å². The van der Waals surface area contributed by atoms with Crippen LogP contribution in [0.3, 0.4) is 0 Å². The van der Waals surface area contributed by atoms with Crippen molar-refractivity contribution in [2.24, 2.45) is 5.41 Å². The number of fused-ring (bicyclic) bond motifs is 1. The number of imidazole rings is 1. The maximum Gasteiger partial charge on any atom is 0.310 e. The molecule has 0 amide bonds. The molecule has 0 atom stereocenters. The van der Waals surface area contributed by atoms with Crippen molar-refractivity contribution < 1.29 is 14.6 Å². The van der Waals surface area contributed by atoms with Crippen molar-refractivity contribution >= 4 is 17.0 Å². The van der Waals surface area contributed by atoms with E-state index in [4.69, 9.17) is 4.74 Å². The molecule has 1 aliphatic rings. The number of nitrogens with one attached hydrogen (secondary N) is 1. The molecule has 0 aliphatic heterocycles. The second-order valence-corrected chi connectivity index (χ2v) is 5.89. The van der Waals surface area contributed by atoms with E-state index in [2.05, 4.69) is 9.97 Å². The van der Waals surface area contributed by atoms with Crippen LogP contribution in [0.1, 0.15) is 37.9 Å². The number of aliphatic carboxylic acids is 1. The average Bonchev–Trinajstić information content (AvgIpc) is 2.88. The van der Waals surface area contributed by atoms with Crippen molar-refractivity contribution in [3.05, 3.63) is 24.0 Å². The van der Waals surface area contributed by atoms with Gasteiger partial charge in [-0.1, -0.05) is 19.3 Å². The molecule has 112 valence electrons. The molecule has 2 N–H and O–H groups in total. The van der Waals surface area contributed by atoms with Gasteiger partial charge in [0.25, 0.3) is 0 Å². The quantitative estimate of drug-likeness (QED) is 0.906. The molecule has 1 fully saturated rings. The smallest absolute Gasteiger partial charge is 0.310 e. The van der Waals surface area contributed by atoms with Crippen molar-refractivity contribution in [2.45, 2.75) is 38.5 Å². The maximum atomic E-state index is 11.7. The fourth-order valence-electron chi connectivity index (χ4n) is 3.27. The van der Waals surface area contributed by atoms with Crippen LogP contribution in [0.25, 0.3) is 11.0 Å². The van der Waals surface area contributed by atoms with Crippen LogP contribution in [0, 0.1) is 5.41 Å². The van der Waals surface area contributed by atoms with Gasteiger partial charge in [0.1, 0.15) is 11.6 Å². The van der Waals surface area contributed by atoms with Gasteiger partial charge in [-0.2, -0.15) is 0 Å². The van der Waals surface area contributed by atoms with Gasteiger partial charge in [0.05, 0.1) is 23.6 Å². The zero-order valence-corrected chi connectivity index (χ0v) is 12.2. The molecule has 1 aromatic heterocycles. The van der Waals surface area contributed by atoms with Gasteiger partial charge in [0.2, 0.25) is 0 Å². The van der Waals surface area contributed by atoms with Crippen LogP contribution in [0.4, 0.5) is 0 Å². The van der Waals surface area contributed by atoms with E-state index in [-0.39, 0.29) is 0 Å². The third kappa shape index (κ3) is 2.60. The monoisotopic (exact) mass is 288 g/mol. The van der Waals surface area contributed by atoms with E-state index in [0.717, 1.165) is 54.7 Å². The molecule has 1 aromatic carbocycles. The number of aromatic nitrogens is 2. The van der Waals surface area contributed by atoms with Crippen molar-refractivity contribution in [3.8, 4) is 5.75 Å². The molecule has 0 radical (unpaired) electrons. The Bertz CT molecular complexity index is 657. The fraction of sp³-hybridized carbons (Fsp3) is 0.500. The van der Waals surface area contributed by atoms with E-state index >= 15 is 0 Å². The summed E-state index contributed by atoms with van der Waals surface area (Å²) in [6.45, 7) is 0. The molecule has 0 saturated heterocycles. The van der Waals surface area contributed by atoms with Crippen LogP contribution in [0.2, 0.25) is 0 Å². The van der Waals surface area contributed by atoms with Crippen LogP contribution in [-0.2, 0) is 11.2 Å². The fourth-order valence-corrected chi connectivity index (χ4v) is 3.27. The molecule has 21 heavy (non-hydrogen) atoms. The number of aromatic amines is 1. The number of methoxy groups -OCH3 is 1. The van der Waals surface area contributed by atoms with Crippen molar-refractivity contribution in [3.63, 3.8) is 0 Å². The van der Waals surface area contributed by atoms with E-state index in [9.17, 15) is 9.90 Å². The molecule has 5 nitrogen and oxygen atoms in total. The molecule has 1 aliphatic carbocycles. The Morgan fingerprint density at radius 3 is 2.81 bits per heavy atom. The summed E-state index contributed by atoms with van der Waals surface area (Å²) in [6.07, 6.45) is 5.05. The molecular formula is C16H20N2O3. The predicted octanol–water partition coefficient (Wildman–Crippen LogP) is 3.15. The number of H-pyrrole nitrogens is 1. The Morgan fingerprint density at radius 2 is 2.14 bits per heavy atom. The largest absolute Gasteiger partial charge is 0.497 e. The highest BCUT2D eigenvalue weighted by Crippen LogP contribution is 2.39. The second kappa shape index (κ2) is 5.39. The van der Waals surface area contributed by atoms with E-state index in [1.54, 1.807) is 7.11 Å². The summed E-state index contributed by atoms with van der Waals surface area (Å²) in [5.41, 5.74) is 1.08. The summed E-state index contributed by atoms with van der Waals surface area (Å²) in [6, 6.07) is 5.64. The zero-order valence-electron chi connectivity index (χ0n) is 12.2. The number of ether oxygens (including phenoxy) is 1. The van der Waals surface area contributed by atoms with Gasteiger partial charge in [-0.15, -0.1) is 0 Å². The highest BCUT2D eigenvalue weighted by atomic mass is 16.5. The lowest BCUT2D eigenvalue weighted by molar-refractivity contribution is -0.151. The topological polar surface area (TPSA) is 75.2 Å². The summed E-state index contributed by atoms with van der Waals surface area (Å²) in [5.74, 6) is 0.825. The van der Waals surface area contributed by atoms with E-state index in [0.29, 0.717) is 6.42 Å². The number of rotatable bonds is 4. The third-order valence-electron chi connectivity index (χ3n) is 4.51. The number of hydrogen-bond donors (Lipinski definition) is 2. The van der Waals surface area contributed by atoms with Crippen molar-refractivity contribution in [1.82, 2.24) is 9.97 Å². The number of benzene rings is 1. The molecule has 1 heterocycles. The summed E-state index contributed by atoms with van der Waals surface area (Å²) in [7, 11) is 1.62. The Labute approximate surface area is 123 Å². The first kappa shape index (κ1) is 13.9. The van der Waals surface area contributed by atoms with Gasteiger partial charge < -0.3 is 14.8 Å². The minimum absolute atomic E-state index is 0.472. The first-order chi connectivity index (χ1) is 10.1. The summed E-state index contributed by atoms with van der Waals surface area (Å²) < 4.78 is 5.20. The number of nitrogens with zero attached hydrogens (tertiary/aromatic N) is 1. The molecule has 2 aromatic rings. The Balaban J connectivity index is 1.90. The minimum atomic E-state index is -0.694. The number of carboxylic acids is 1. The van der Waals surface area contributed by atoms with Gasteiger partial charge in [0, 0.05) is 12.5 Å². The lowest BCUT2D eigenvalue weighted by Crippen LogP contribution is -2.35. The normalized spacial score (nSPS) is 17.8. The van der Waals surface area contributed by atoms with Crippen LogP contribution >= 0.6 is 0 Å². The highest BCUT2D eigenvalue weighted by Gasteiger charge is 2.40. The standard InChI is InChI=1S/C16H20N2O3/c1-21-11-5-6-12-13(9-11)18-14(17-12)10-16(15(19)20)7-3-2-4-8-16/h5-6,9H,2-4,7-8,10H2,1H3,(H,17,18)(H,19,20). The molecule has 1 saturated carbocycles. The number of carbonyl (C=O) groups is 1. The Kier molecular flexibility index (Phi) is 3.57. The summed E-state index contributed by atoms with van der Waals surface area (Å²) >= 11 is 0. The first-order valence-electron chi connectivity index (χ1n) is 7.39. The summed E-state index contributed by atoms with van der Waals surface area (Å²) in [4.78, 5) is 19.5. The lowest BCUT2D eigenvalue weighted by Gasteiger charge is -2.32. The van der Waals surface area contributed by atoms with Gasteiger partial charge in [-0.05, 0) is 25.0 Å².